The maximum Gasteiger partial charge on any atom is 0.213 e. The van der Waals surface area contributed by atoms with Crippen LogP contribution >= 0.6 is 11.6 Å². The number of hydrogen-bond acceptors (Lipinski definition) is 2. The number of alkyl halides is 1. The van der Waals surface area contributed by atoms with E-state index >= 15 is 0 Å². The highest BCUT2D eigenvalue weighted by Gasteiger charge is 2.16. The van der Waals surface area contributed by atoms with Crippen molar-refractivity contribution >= 4 is 11.6 Å². The van der Waals surface area contributed by atoms with Gasteiger partial charge in [0.15, 0.2) is 0 Å². The first-order chi connectivity index (χ1) is 6.69. The zero-order chi connectivity index (χ0) is 10.6. The molecule has 0 spiro atoms. The van der Waals surface area contributed by atoms with E-state index in [0.29, 0.717) is 11.8 Å². The second-order valence-corrected chi connectivity index (χ2v) is 3.99. The number of pyridine rings is 1. The van der Waals surface area contributed by atoms with Gasteiger partial charge < -0.3 is 4.74 Å². The van der Waals surface area contributed by atoms with E-state index in [2.05, 4.69) is 11.9 Å². The number of halogens is 1. The molecule has 1 rings (SSSR count). The van der Waals surface area contributed by atoms with Crippen molar-refractivity contribution in [3.8, 4) is 5.88 Å². The molecule has 3 heteroatoms. The Balaban J connectivity index is 2.92. The summed E-state index contributed by atoms with van der Waals surface area (Å²) in [7, 11) is 1.62. The van der Waals surface area contributed by atoms with Crippen molar-refractivity contribution in [2.45, 2.75) is 31.6 Å². The fraction of sp³-hybridized carbons (Fsp3) is 0.545. The van der Waals surface area contributed by atoms with Crippen molar-refractivity contribution in [2.24, 2.45) is 0 Å². The predicted octanol–water partition coefficient (Wildman–Crippen LogP) is 3.21. The van der Waals surface area contributed by atoms with Crippen LogP contribution in [0.3, 0.4) is 0 Å². The second kappa shape index (κ2) is 5.20. The van der Waals surface area contributed by atoms with Gasteiger partial charge in [-0.2, -0.15) is 0 Å². The summed E-state index contributed by atoms with van der Waals surface area (Å²) in [5, 5.41) is 0.0969. The van der Waals surface area contributed by atoms with Gasteiger partial charge in [-0.3, -0.25) is 0 Å². The van der Waals surface area contributed by atoms with Crippen LogP contribution in [0.25, 0.3) is 0 Å². The van der Waals surface area contributed by atoms with Crippen molar-refractivity contribution < 1.29 is 4.74 Å². The van der Waals surface area contributed by atoms with E-state index in [9.17, 15) is 0 Å². The molecule has 0 aliphatic carbocycles. The van der Waals surface area contributed by atoms with Gasteiger partial charge in [0.05, 0.1) is 7.11 Å². The Morgan fingerprint density at radius 1 is 1.50 bits per heavy atom. The molecule has 0 radical (unpaired) electrons. The highest BCUT2D eigenvalue weighted by molar-refractivity contribution is 6.20. The first-order valence-corrected chi connectivity index (χ1v) is 5.27. The number of nitrogens with zero attached hydrogens (tertiary/aromatic N) is 1. The lowest BCUT2D eigenvalue weighted by Crippen LogP contribution is -2.10. The van der Waals surface area contributed by atoms with Crippen molar-refractivity contribution in [3.05, 3.63) is 23.9 Å². The smallest absolute Gasteiger partial charge is 0.213 e. The van der Waals surface area contributed by atoms with Crippen LogP contribution in [0.4, 0.5) is 0 Å². The molecule has 2 nitrogen and oxygen atoms in total. The van der Waals surface area contributed by atoms with Crippen LogP contribution in [-0.2, 0) is 0 Å². The maximum absolute atomic E-state index is 6.09. The third-order valence-electron chi connectivity index (χ3n) is 2.33. The largest absolute Gasteiger partial charge is 0.481 e. The summed E-state index contributed by atoms with van der Waals surface area (Å²) in [6.45, 7) is 4.11. The topological polar surface area (TPSA) is 22.1 Å². The van der Waals surface area contributed by atoms with Crippen LogP contribution in [0, 0.1) is 0 Å². The molecule has 0 aliphatic heterocycles. The molecule has 0 aliphatic rings. The average Bonchev–Trinajstić information content (AvgIpc) is 2.19. The summed E-state index contributed by atoms with van der Waals surface area (Å²) in [6.07, 6.45) is 0.991. The van der Waals surface area contributed by atoms with Crippen LogP contribution in [0.2, 0.25) is 0 Å². The van der Waals surface area contributed by atoms with Gasteiger partial charge in [0.2, 0.25) is 5.88 Å². The number of rotatable bonds is 4. The Kier molecular flexibility index (Phi) is 4.21. The molecular weight excluding hydrogens is 198 g/mol. The third-order valence-corrected chi connectivity index (χ3v) is 2.63. The van der Waals surface area contributed by atoms with E-state index in [1.807, 2.05) is 25.1 Å². The lowest BCUT2D eigenvalue weighted by Gasteiger charge is -2.16. The minimum Gasteiger partial charge on any atom is -0.481 e. The van der Waals surface area contributed by atoms with Crippen LogP contribution in [0.1, 0.15) is 31.9 Å². The molecule has 78 valence electrons. The predicted molar refractivity (Wildman–Crippen MR) is 59.1 cm³/mol. The van der Waals surface area contributed by atoms with Crippen molar-refractivity contribution in [1.29, 1.82) is 0 Å². The molecule has 0 saturated heterocycles. The molecule has 1 heterocycles. The van der Waals surface area contributed by atoms with Gasteiger partial charge in [0.25, 0.3) is 0 Å². The number of methoxy groups -OCH3 is 1. The summed E-state index contributed by atoms with van der Waals surface area (Å²) in [5.41, 5.74) is 1.01. The monoisotopic (exact) mass is 213 g/mol. The standard InChI is InChI=1S/C11H16ClNO/c1-4-9(8(2)12)10-6-5-7-11(13-10)14-3/h5-9H,4H2,1-3H3. The van der Waals surface area contributed by atoms with Gasteiger partial charge >= 0.3 is 0 Å². The summed E-state index contributed by atoms with van der Waals surface area (Å²) in [4.78, 5) is 4.38. The Labute approximate surface area is 90.3 Å². The minimum absolute atomic E-state index is 0.0969. The Morgan fingerprint density at radius 2 is 2.21 bits per heavy atom. The van der Waals surface area contributed by atoms with Crippen LogP contribution in [-0.4, -0.2) is 17.5 Å². The first kappa shape index (κ1) is 11.3. The molecule has 0 N–H and O–H groups in total. The SMILES string of the molecule is CCC(c1cccc(OC)n1)C(C)Cl. The fourth-order valence-corrected chi connectivity index (χ4v) is 1.83. The highest BCUT2D eigenvalue weighted by atomic mass is 35.5. The van der Waals surface area contributed by atoms with Gasteiger partial charge in [-0.1, -0.05) is 13.0 Å². The molecule has 0 amide bonds. The lowest BCUT2D eigenvalue weighted by atomic mass is 9.98. The van der Waals surface area contributed by atoms with Gasteiger partial charge in [-0.05, 0) is 19.4 Å². The number of ether oxygens (including phenoxy) is 1. The molecule has 0 fully saturated rings. The first-order valence-electron chi connectivity index (χ1n) is 4.84. The zero-order valence-corrected chi connectivity index (χ0v) is 9.58. The van der Waals surface area contributed by atoms with Gasteiger partial charge in [-0.25, -0.2) is 4.98 Å². The van der Waals surface area contributed by atoms with Crippen molar-refractivity contribution in [1.82, 2.24) is 4.98 Å². The third kappa shape index (κ3) is 2.61. The Morgan fingerprint density at radius 3 is 2.71 bits per heavy atom. The van der Waals surface area contributed by atoms with Gasteiger partial charge in [0, 0.05) is 23.1 Å². The summed E-state index contributed by atoms with van der Waals surface area (Å²) < 4.78 is 5.08. The molecule has 0 saturated carbocycles. The number of aromatic nitrogens is 1. The summed E-state index contributed by atoms with van der Waals surface area (Å²) in [5.74, 6) is 0.949. The van der Waals surface area contributed by atoms with Crippen LogP contribution in [0.5, 0.6) is 5.88 Å². The molecule has 2 unspecified atom stereocenters. The zero-order valence-electron chi connectivity index (χ0n) is 8.83. The molecule has 0 bridgehead atoms. The van der Waals surface area contributed by atoms with E-state index in [4.69, 9.17) is 16.3 Å². The highest BCUT2D eigenvalue weighted by Crippen LogP contribution is 2.26. The minimum atomic E-state index is 0.0969. The van der Waals surface area contributed by atoms with Gasteiger partial charge in [-0.15, -0.1) is 11.6 Å². The van der Waals surface area contributed by atoms with E-state index < -0.39 is 0 Å². The number of hydrogen-bond donors (Lipinski definition) is 0. The van der Waals surface area contributed by atoms with E-state index in [1.54, 1.807) is 7.11 Å². The van der Waals surface area contributed by atoms with E-state index in [0.717, 1.165) is 12.1 Å². The summed E-state index contributed by atoms with van der Waals surface area (Å²) in [6, 6.07) is 5.79. The average molecular weight is 214 g/mol. The van der Waals surface area contributed by atoms with Crippen molar-refractivity contribution in [2.75, 3.05) is 7.11 Å². The molecule has 1 aromatic rings. The van der Waals surface area contributed by atoms with Crippen LogP contribution < -0.4 is 4.74 Å². The Hall–Kier alpha value is -0.760. The van der Waals surface area contributed by atoms with E-state index in [-0.39, 0.29) is 5.38 Å². The molecular formula is C11H16ClNO. The maximum atomic E-state index is 6.09. The molecule has 2 atom stereocenters. The van der Waals surface area contributed by atoms with Crippen molar-refractivity contribution in [3.63, 3.8) is 0 Å². The summed E-state index contributed by atoms with van der Waals surface area (Å²) >= 11 is 6.09. The second-order valence-electron chi connectivity index (χ2n) is 3.30. The van der Waals surface area contributed by atoms with E-state index in [1.165, 1.54) is 0 Å². The van der Waals surface area contributed by atoms with Gasteiger partial charge in [0.1, 0.15) is 0 Å². The fourth-order valence-electron chi connectivity index (χ4n) is 1.52. The Bertz CT molecular complexity index is 288. The lowest BCUT2D eigenvalue weighted by molar-refractivity contribution is 0.394. The quantitative estimate of drug-likeness (QED) is 0.717. The molecule has 1 aromatic heterocycles. The normalized spacial score (nSPS) is 14.9. The van der Waals surface area contributed by atoms with Crippen LogP contribution in [0.15, 0.2) is 18.2 Å². The molecule has 14 heavy (non-hydrogen) atoms. The molecule has 0 aromatic carbocycles.